The molecule has 2 bridgehead atoms. The van der Waals surface area contributed by atoms with Crippen molar-refractivity contribution in [3.8, 4) is 11.5 Å². The van der Waals surface area contributed by atoms with Crippen molar-refractivity contribution in [2.24, 2.45) is 27.8 Å². The Balaban J connectivity index is 1.53. The summed E-state index contributed by atoms with van der Waals surface area (Å²) in [7, 11) is 0.153. The van der Waals surface area contributed by atoms with Crippen LogP contribution in [-0.4, -0.2) is 140 Å². The lowest BCUT2D eigenvalue weighted by atomic mass is 9.44. The second kappa shape index (κ2) is 23.1. The topological polar surface area (TPSA) is 267 Å². The number of hydrogen-bond acceptors (Lipinski definition) is 18. The van der Waals surface area contributed by atoms with Crippen molar-refractivity contribution in [1.82, 2.24) is 4.90 Å². The number of amides is 1. The van der Waals surface area contributed by atoms with E-state index in [9.17, 15) is 25.0 Å². The summed E-state index contributed by atoms with van der Waals surface area (Å²) in [6.07, 6.45) is -11.5. The van der Waals surface area contributed by atoms with E-state index in [1.165, 1.54) is 58.9 Å². The zero-order valence-corrected chi connectivity index (χ0v) is 50.0. The van der Waals surface area contributed by atoms with Gasteiger partial charge in [0.25, 0.3) is 0 Å². The summed E-state index contributed by atoms with van der Waals surface area (Å²) < 4.78 is 63.6. The molecule has 3 aliphatic carbocycles. The number of ether oxygens (including phenoxy) is 9. The molecule has 0 spiro atoms. The van der Waals surface area contributed by atoms with E-state index in [2.05, 4.69) is 10.0 Å². The molecular weight excluding hydrogens is 1050 g/mol. The van der Waals surface area contributed by atoms with Crippen molar-refractivity contribution in [1.29, 1.82) is 0 Å². The summed E-state index contributed by atoms with van der Waals surface area (Å²) in [5, 5.41) is 19.0. The van der Waals surface area contributed by atoms with Crippen molar-refractivity contribution in [3.05, 3.63) is 81.2 Å². The Labute approximate surface area is 469 Å². The molecule has 2 saturated carbocycles. The number of azide groups is 1. The Morgan fingerprint density at radius 2 is 1.59 bits per heavy atom. The second-order valence-corrected chi connectivity index (χ2v) is 28.6. The molecule has 2 saturated heterocycles. The quantitative estimate of drug-likeness (QED) is 0.0294. The molecule has 0 radical (unpaired) electrons. The van der Waals surface area contributed by atoms with Gasteiger partial charge in [-0.2, -0.15) is 0 Å². The zero-order chi connectivity index (χ0) is 59.2. The van der Waals surface area contributed by atoms with Crippen molar-refractivity contribution in [2.75, 3.05) is 20.8 Å². The van der Waals surface area contributed by atoms with E-state index < -0.39 is 133 Å². The van der Waals surface area contributed by atoms with E-state index in [0.717, 1.165) is 6.92 Å². The van der Waals surface area contributed by atoms with Gasteiger partial charge in [0.1, 0.15) is 47.1 Å². The summed E-state index contributed by atoms with van der Waals surface area (Å²) in [5.41, 5.74) is 1.52. The molecule has 2 aliphatic heterocycles. The molecule has 5 aliphatic rings. The number of hydrogen-bond donors (Lipinski definition) is 1. The number of rotatable bonds is 17. The minimum absolute atomic E-state index is 0.00454. The average Bonchev–Trinajstić information content (AvgIpc) is 3.77. The number of ketones is 1. The summed E-state index contributed by atoms with van der Waals surface area (Å²) in [6, 6.07) is 11.6. The highest BCUT2D eigenvalue weighted by atomic mass is 28.4. The molecule has 0 aromatic heterocycles. The van der Waals surface area contributed by atoms with Gasteiger partial charge in [0.15, 0.2) is 38.1 Å². The summed E-state index contributed by atoms with van der Waals surface area (Å²) in [5.74, 6) is -5.65. The molecular formula is C58H80N4O17Si. The molecule has 2 aromatic carbocycles. The summed E-state index contributed by atoms with van der Waals surface area (Å²) >= 11 is 0. The van der Waals surface area contributed by atoms with Crippen LogP contribution in [-0.2, 0) is 56.8 Å². The molecule has 1 unspecified atom stereocenters. The first-order chi connectivity index (χ1) is 37.5. The fraction of sp³-hybridized carbons (Fsp3) is 0.655. The van der Waals surface area contributed by atoms with Crippen LogP contribution in [0.2, 0.25) is 18.1 Å². The number of carbonyl (C=O) groups is 6. The van der Waals surface area contributed by atoms with E-state index in [4.69, 9.17) is 47.1 Å². The van der Waals surface area contributed by atoms with Gasteiger partial charge in [0.05, 0.1) is 49.9 Å². The first kappa shape index (κ1) is 61.6. The standard InChI is InChI=1S/C58H80N4O17Si/c1-17-80(18-2,19-3)79-40-29-41-57(30-72-41,77-34(8)64)46-49(76-51(66)35-23-21-20-22-24-35)58(69)47(60-61-59)43(32(6)42(55(58,12)13)45(73-33(7)63)48(65)56(40,46)14)75-52(67)44-38(27-31(4)5)62(53(68)78-54(9,10)11)50(74-44)37-26-25-36(70-15)28-39(37)71-16/h20-26,28,31,38,40-41,43-47,49-50,69H,17-19,27,29-30H2,1-16H3/t38-,40-,41+,43+,44+,45+,46-,47-,49-,50?,56+,57-,58+/m0/s1. The molecule has 4 fully saturated rings. The fourth-order valence-electron chi connectivity index (χ4n) is 13.4. The van der Waals surface area contributed by atoms with E-state index >= 15 is 14.4 Å². The van der Waals surface area contributed by atoms with Crippen molar-refractivity contribution in [3.63, 3.8) is 0 Å². The third-order valence-electron chi connectivity index (χ3n) is 17.5. The summed E-state index contributed by atoms with van der Waals surface area (Å²) in [6.45, 7) is 23.0. The Hall–Kier alpha value is -6.03. The maximum Gasteiger partial charge on any atom is 0.413 e. The van der Waals surface area contributed by atoms with Crippen LogP contribution in [0.5, 0.6) is 11.5 Å². The van der Waals surface area contributed by atoms with E-state index in [-0.39, 0.29) is 47.8 Å². The lowest BCUT2D eigenvalue weighted by Gasteiger charge is -2.69. The fourth-order valence-corrected chi connectivity index (χ4v) is 16.3. The van der Waals surface area contributed by atoms with Crippen LogP contribution in [0, 0.1) is 22.7 Å². The smallest absolute Gasteiger partial charge is 0.413 e. The van der Waals surface area contributed by atoms with E-state index in [1.54, 1.807) is 64.1 Å². The average molecular weight is 1130 g/mol. The first-order valence-electron chi connectivity index (χ1n) is 27.5. The molecule has 21 nitrogen and oxygen atoms in total. The SMILES string of the molecule is CC[Si](CC)(CC)O[C@H]1C[C@H]2OC[C@@]2(OC(C)=O)[C@H]2[C@H](OC(=O)c3ccccc3)[C@]3(O)[C@@H](N=[N+]=[N-])[C@H](OC(=O)[C@@H]4OC(c5ccc(OC)cc5OC)N(C(=O)OC(C)(C)C)[C@H]4CC(C)C)C(C)=C([C@@H](OC(C)=O)C(=O)[C@]12C)C3(C)C. The largest absolute Gasteiger partial charge is 0.497 e. The molecule has 7 rings (SSSR count). The number of methoxy groups -OCH3 is 2. The molecule has 22 heteroatoms. The molecule has 1 N–H and O–H groups in total. The molecule has 2 aromatic rings. The third kappa shape index (κ3) is 10.6. The predicted molar refractivity (Wildman–Crippen MR) is 291 cm³/mol. The van der Waals surface area contributed by atoms with Crippen LogP contribution in [0.1, 0.15) is 132 Å². The van der Waals surface area contributed by atoms with Crippen LogP contribution >= 0.6 is 0 Å². The van der Waals surface area contributed by atoms with Crippen LogP contribution in [0.25, 0.3) is 10.4 Å². The lowest BCUT2D eigenvalue weighted by molar-refractivity contribution is -0.345. The molecule has 438 valence electrons. The van der Waals surface area contributed by atoms with Crippen molar-refractivity contribution < 1.29 is 80.9 Å². The molecule has 13 atom stereocenters. The van der Waals surface area contributed by atoms with Gasteiger partial charge < -0.3 is 52.2 Å². The van der Waals surface area contributed by atoms with Crippen LogP contribution in [0.15, 0.2) is 64.8 Å². The monoisotopic (exact) mass is 1130 g/mol. The van der Waals surface area contributed by atoms with Gasteiger partial charge in [-0.15, -0.1) is 0 Å². The highest BCUT2D eigenvalue weighted by molar-refractivity contribution is 6.73. The Morgan fingerprint density at radius 3 is 2.11 bits per heavy atom. The highest BCUT2D eigenvalue weighted by Crippen LogP contribution is 2.66. The zero-order valence-electron chi connectivity index (χ0n) is 49.0. The lowest BCUT2D eigenvalue weighted by Crippen LogP contribution is -2.84. The van der Waals surface area contributed by atoms with Crippen LogP contribution < -0.4 is 9.47 Å². The number of nitrogens with zero attached hydrogens (tertiary/aromatic N) is 4. The summed E-state index contributed by atoms with van der Waals surface area (Å²) in [4.78, 5) is 93.9. The Morgan fingerprint density at radius 1 is 0.938 bits per heavy atom. The number of aliphatic hydroxyl groups is 1. The van der Waals surface area contributed by atoms with Gasteiger partial charge in [-0.1, -0.05) is 71.8 Å². The minimum Gasteiger partial charge on any atom is -0.497 e. The van der Waals surface area contributed by atoms with E-state index in [1.807, 2.05) is 34.6 Å². The molecule has 1 amide bonds. The number of Topliss-reactive ketones (excluding diaryl/α,β-unsaturated/α-hetero) is 1. The minimum atomic E-state index is -2.80. The van der Waals surface area contributed by atoms with E-state index in [0.29, 0.717) is 29.4 Å². The predicted octanol–water partition coefficient (Wildman–Crippen LogP) is 9.29. The van der Waals surface area contributed by atoms with Crippen LogP contribution in [0.3, 0.4) is 0 Å². The van der Waals surface area contributed by atoms with Gasteiger partial charge in [-0.05, 0) is 106 Å². The van der Waals surface area contributed by atoms with Gasteiger partial charge in [0.2, 0.25) is 0 Å². The second-order valence-electron chi connectivity index (χ2n) is 23.9. The number of esters is 4. The van der Waals surface area contributed by atoms with Gasteiger partial charge in [0, 0.05) is 42.2 Å². The number of benzene rings is 2. The van der Waals surface area contributed by atoms with Gasteiger partial charge >= 0.3 is 30.0 Å². The highest BCUT2D eigenvalue weighted by Gasteiger charge is 2.80. The molecule has 80 heavy (non-hydrogen) atoms. The van der Waals surface area contributed by atoms with Gasteiger partial charge in [-0.25, -0.2) is 14.4 Å². The number of carbonyl (C=O) groups excluding carboxylic acids is 6. The third-order valence-corrected chi connectivity index (χ3v) is 22.1. The molecule has 2 heterocycles. The van der Waals surface area contributed by atoms with Crippen LogP contribution in [0.4, 0.5) is 4.79 Å². The van der Waals surface area contributed by atoms with Gasteiger partial charge in [-0.3, -0.25) is 19.3 Å². The first-order valence-corrected chi connectivity index (χ1v) is 30.1. The van der Waals surface area contributed by atoms with Crippen molar-refractivity contribution >= 4 is 44.1 Å². The Kier molecular flexibility index (Phi) is 17.8. The number of fused-ring (bicyclic) bond motifs is 5. The Bertz CT molecular complexity index is 2780. The maximum atomic E-state index is 16.7. The normalized spacial score (nSPS) is 31.7. The van der Waals surface area contributed by atoms with Crippen molar-refractivity contribution in [2.45, 2.75) is 200 Å². The maximum absolute atomic E-state index is 16.7.